The van der Waals surface area contributed by atoms with E-state index in [2.05, 4.69) is 4.74 Å². The number of aliphatic hydroxyl groups is 1. The van der Waals surface area contributed by atoms with Crippen molar-refractivity contribution in [3.05, 3.63) is 11.3 Å². The number of cyclic esters (lactones) is 1. The number of carbonyl (C=O) groups is 2. The Morgan fingerprint density at radius 1 is 1.46 bits per heavy atom. The number of hydrogen-bond acceptors (Lipinski definition) is 4. The van der Waals surface area contributed by atoms with E-state index in [9.17, 15) is 14.7 Å². The van der Waals surface area contributed by atoms with Crippen LogP contribution in [0.15, 0.2) is 11.3 Å². The van der Waals surface area contributed by atoms with Crippen molar-refractivity contribution in [2.45, 2.75) is 20.8 Å². The first kappa shape index (κ1) is 9.77. The summed E-state index contributed by atoms with van der Waals surface area (Å²) in [6, 6.07) is 0. The Labute approximate surface area is 76.2 Å². The molecule has 0 fully saturated rings. The van der Waals surface area contributed by atoms with E-state index >= 15 is 0 Å². The first-order valence-corrected chi connectivity index (χ1v) is 3.98. The second-order valence-electron chi connectivity index (χ2n) is 3.98. The smallest absolute Gasteiger partial charge is 0.374 e. The molecular weight excluding hydrogens is 172 g/mol. The summed E-state index contributed by atoms with van der Waals surface area (Å²) in [5.41, 5.74) is -0.519. The van der Waals surface area contributed by atoms with Crippen LogP contribution in [0, 0.1) is 5.41 Å². The minimum Gasteiger partial charge on any atom is -0.501 e. The molecule has 4 nitrogen and oxygen atoms in total. The van der Waals surface area contributed by atoms with Crippen LogP contribution in [-0.4, -0.2) is 23.5 Å². The first-order chi connectivity index (χ1) is 5.84. The predicted octanol–water partition coefficient (Wildman–Crippen LogP) is 0.970. The molecule has 0 bridgehead atoms. The van der Waals surface area contributed by atoms with E-state index in [0.29, 0.717) is 0 Å². The van der Waals surface area contributed by atoms with E-state index in [0.717, 1.165) is 0 Å². The third-order valence-corrected chi connectivity index (χ3v) is 1.78. The van der Waals surface area contributed by atoms with Crippen LogP contribution in [0.2, 0.25) is 0 Å². The number of aliphatic hydroxyl groups excluding tert-OH is 1. The fraction of sp³-hybridized carbons (Fsp3) is 0.556. The molecule has 0 amide bonds. The highest BCUT2D eigenvalue weighted by molar-refractivity contribution is 6.07. The van der Waals surface area contributed by atoms with Gasteiger partial charge in [0.2, 0.25) is 5.76 Å². The summed E-state index contributed by atoms with van der Waals surface area (Å²) in [4.78, 5) is 22.3. The van der Waals surface area contributed by atoms with Crippen LogP contribution in [0.4, 0.5) is 0 Å². The van der Waals surface area contributed by atoms with Gasteiger partial charge in [0.25, 0.3) is 0 Å². The second kappa shape index (κ2) is 2.87. The van der Waals surface area contributed by atoms with Gasteiger partial charge in [0.1, 0.15) is 6.61 Å². The molecule has 4 heteroatoms. The van der Waals surface area contributed by atoms with Gasteiger partial charge in [-0.25, -0.2) is 4.79 Å². The molecular formula is C9H12O4. The Bertz CT molecular complexity index is 293. The maximum Gasteiger partial charge on any atom is 0.374 e. The summed E-state index contributed by atoms with van der Waals surface area (Å²) >= 11 is 0. The zero-order valence-corrected chi connectivity index (χ0v) is 7.88. The van der Waals surface area contributed by atoms with Crippen LogP contribution in [0.25, 0.3) is 0 Å². The number of ether oxygens (including phenoxy) is 1. The molecule has 0 aromatic heterocycles. The number of carbonyl (C=O) groups excluding carboxylic acids is 2. The number of hydrogen-bond donors (Lipinski definition) is 1. The van der Waals surface area contributed by atoms with Gasteiger partial charge in [-0.1, -0.05) is 20.8 Å². The van der Waals surface area contributed by atoms with Crippen molar-refractivity contribution in [2.75, 3.05) is 6.61 Å². The molecule has 1 aliphatic rings. The number of Topliss-reactive ketones (excluding diaryl/α,β-unsaturated/α-hetero) is 1. The lowest BCUT2D eigenvalue weighted by Gasteiger charge is -2.15. The predicted molar refractivity (Wildman–Crippen MR) is 45.1 cm³/mol. The summed E-state index contributed by atoms with van der Waals surface area (Å²) in [6.07, 6.45) is 0. The van der Waals surface area contributed by atoms with Gasteiger partial charge >= 0.3 is 5.97 Å². The van der Waals surface area contributed by atoms with E-state index < -0.39 is 17.1 Å². The summed E-state index contributed by atoms with van der Waals surface area (Å²) in [5, 5.41) is 9.18. The topological polar surface area (TPSA) is 63.6 Å². The SMILES string of the molecule is CC(C)(C)C(=O)C1=C(O)C(=O)OC1. The van der Waals surface area contributed by atoms with Crippen LogP contribution in [-0.2, 0) is 14.3 Å². The maximum absolute atomic E-state index is 11.6. The molecule has 1 aliphatic heterocycles. The van der Waals surface area contributed by atoms with Gasteiger partial charge in [0, 0.05) is 5.41 Å². The summed E-state index contributed by atoms with van der Waals surface area (Å²) in [7, 11) is 0. The molecule has 0 saturated carbocycles. The molecule has 1 rings (SSSR count). The van der Waals surface area contributed by atoms with Crippen molar-refractivity contribution >= 4 is 11.8 Å². The van der Waals surface area contributed by atoms with Gasteiger partial charge in [0.05, 0.1) is 5.57 Å². The minimum atomic E-state index is -0.812. The molecule has 0 spiro atoms. The van der Waals surface area contributed by atoms with Crippen molar-refractivity contribution in [1.82, 2.24) is 0 Å². The lowest BCUT2D eigenvalue weighted by atomic mass is 9.86. The Kier molecular flexibility index (Phi) is 2.15. The Hall–Kier alpha value is -1.32. The number of rotatable bonds is 1. The highest BCUT2D eigenvalue weighted by atomic mass is 16.6. The van der Waals surface area contributed by atoms with E-state index in [-0.39, 0.29) is 18.0 Å². The first-order valence-electron chi connectivity index (χ1n) is 3.98. The second-order valence-corrected chi connectivity index (χ2v) is 3.98. The number of ketones is 1. The molecule has 0 atom stereocenters. The van der Waals surface area contributed by atoms with E-state index in [1.54, 1.807) is 20.8 Å². The summed E-state index contributed by atoms with van der Waals surface area (Å²) < 4.78 is 4.51. The maximum atomic E-state index is 11.6. The van der Waals surface area contributed by atoms with Gasteiger partial charge in [0.15, 0.2) is 5.78 Å². The largest absolute Gasteiger partial charge is 0.501 e. The Balaban J connectivity index is 2.98. The Morgan fingerprint density at radius 3 is 2.31 bits per heavy atom. The van der Waals surface area contributed by atoms with Crippen LogP contribution >= 0.6 is 0 Å². The van der Waals surface area contributed by atoms with Gasteiger partial charge in [-0.3, -0.25) is 4.79 Å². The molecule has 13 heavy (non-hydrogen) atoms. The van der Waals surface area contributed by atoms with Crippen LogP contribution in [0.3, 0.4) is 0 Å². The number of esters is 1. The standard InChI is InChI=1S/C9H12O4/c1-9(2,3)7(11)5-4-13-8(12)6(5)10/h10H,4H2,1-3H3. The average Bonchev–Trinajstić information content (AvgIpc) is 2.30. The molecule has 0 aromatic rings. The summed E-state index contributed by atoms with van der Waals surface area (Å²) in [5.74, 6) is -1.61. The molecule has 0 radical (unpaired) electrons. The zero-order valence-electron chi connectivity index (χ0n) is 7.88. The van der Waals surface area contributed by atoms with Crippen molar-refractivity contribution in [2.24, 2.45) is 5.41 Å². The highest BCUT2D eigenvalue weighted by Crippen LogP contribution is 2.24. The van der Waals surface area contributed by atoms with E-state index in [1.807, 2.05) is 0 Å². The lowest BCUT2D eigenvalue weighted by molar-refractivity contribution is -0.138. The third-order valence-electron chi connectivity index (χ3n) is 1.78. The molecule has 0 unspecified atom stereocenters. The third kappa shape index (κ3) is 1.71. The van der Waals surface area contributed by atoms with Crippen molar-refractivity contribution in [3.8, 4) is 0 Å². The molecule has 0 saturated heterocycles. The highest BCUT2D eigenvalue weighted by Gasteiger charge is 2.34. The van der Waals surface area contributed by atoms with Gasteiger partial charge in [-0.2, -0.15) is 0 Å². The van der Waals surface area contributed by atoms with Gasteiger partial charge < -0.3 is 9.84 Å². The molecule has 1 N–H and O–H groups in total. The minimum absolute atomic E-state index is 0.0810. The quantitative estimate of drug-likeness (QED) is 0.617. The van der Waals surface area contributed by atoms with E-state index in [4.69, 9.17) is 0 Å². The Morgan fingerprint density at radius 2 is 2.00 bits per heavy atom. The van der Waals surface area contributed by atoms with E-state index in [1.165, 1.54) is 0 Å². The van der Waals surface area contributed by atoms with Crippen LogP contribution < -0.4 is 0 Å². The fourth-order valence-corrected chi connectivity index (χ4v) is 1.02. The van der Waals surface area contributed by atoms with Crippen molar-refractivity contribution in [1.29, 1.82) is 0 Å². The van der Waals surface area contributed by atoms with Crippen molar-refractivity contribution in [3.63, 3.8) is 0 Å². The monoisotopic (exact) mass is 184 g/mol. The average molecular weight is 184 g/mol. The lowest BCUT2D eigenvalue weighted by Crippen LogP contribution is -2.23. The van der Waals surface area contributed by atoms with Gasteiger partial charge in [-0.05, 0) is 0 Å². The normalized spacial score (nSPS) is 17.6. The molecule has 1 heterocycles. The zero-order chi connectivity index (χ0) is 10.2. The fourth-order valence-electron chi connectivity index (χ4n) is 1.02. The van der Waals surface area contributed by atoms with Crippen LogP contribution in [0.1, 0.15) is 20.8 Å². The van der Waals surface area contributed by atoms with Crippen molar-refractivity contribution < 1.29 is 19.4 Å². The molecule has 0 aliphatic carbocycles. The van der Waals surface area contributed by atoms with Crippen LogP contribution in [0.5, 0.6) is 0 Å². The molecule has 72 valence electrons. The molecule has 0 aromatic carbocycles. The summed E-state index contributed by atoms with van der Waals surface area (Å²) in [6.45, 7) is 5.05. The van der Waals surface area contributed by atoms with Gasteiger partial charge in [-0.15, -0.1) is 0 Å².